The van der Waals surface area contributed by atoms with E-state index in [9.17, 15) is 0 Å². The Morgan fingerprint density at radius 3 is 2.55 bits per heavy atom. The number of benzene rings is 2. The van der Waals surface area contributed by atoms with E-state index in [1.807, 2.05) is 48.5 Å². The fourth-order valence-corrected chi connectivity index (χ4v) is 2.03. The number of rotatable bonds is 7. The Hall–Kier alpha value is -1.55. The second-order valence-corrected chi connectivity index (χ2v) is 4.96. The van der Waals surface area contributed by atoms with Crippen molar-refractivity contribution >= 4 is 11.6 Å². The number of nitrogens with two attached hydrogens (primary N) is 1. The maximum atomic E-state index is 8.81. The summed E-state index contributed by atoms with van der Waals surface area (Å²) in [6.45, 7) is 2.21. The summed E-state index contributed by atoms with van der Waals surface area (Å²) in [5, 5.41) is 11.6. The first kappa shape index (κ1) is 14.9. The van der Waals surface area contributed by atoms with Crippen molar-refractivity contribution in [2.24, 2.45) is 0 Å². The summed E-state index contributed by atoms with van der Waals surface area (Å²) in [5.74, 6) is 0.886. The highest BCUT2D eigenvalue weighted by molar-refractivity contribution is 6.30. The molecule has 20 heavy (non-hydrogen) atoms. The van der Waals surface area contributed by atoms with Gasteiger partial charge in [-0.05, 0) is 29.8 Å². The number of aliphatic hydroxyl groups excluding tert-OH is 1. The van der Waals surface area contributed by atoms with Crippen molar-refractivity contribution in [1.29, 1.82) is 0 Å². The first-order valence-electron chi connectivity index (χ1n) is 6.67. The first-order valence-corrected chi connectivity index (χ1v) is 7.05. The van der Waals surface area contributed by atoms with Crippen molar-refractivity contribution in [1.82, 2.24) is 0 Å². The lowest BCUT2D eigenvalue weighted by molar-refractivity contribution is -0.671. The third kappa shape index (κ3) is 4.53. The standard InChI is InChI=1S/C16H18ClNO2/c17-15-7-5-13(6-8-15)12-20-16-4-2-1-3-14(16)11-18-9-10-19/h1-8,18-19H,9-12H2/p+1. The Bertz CT molecular complexity index is 528. The number of quaternary nitrogens is 1. The molecule has 3 nitrogen and oxygen atoms in total. The molecular formula is C16H19ClNO2+. The highest BCUT2D eigenvalue weighted by Gasteiger charge is 2.05. The average Bonchev–Trinajstić information content (AvgIpc) is 2.48. The number of halogens is 1. The summed E-state index contributed by atoms with van der Waals surface area (Å²) in [5.41, 5.74) is 2.22. The molecule has 0 aliphatic heterocycles. The second kappa shape index (κ2) is 7.90. The van der Waals surface area contributed by atoms with E-state index in [0.29, 0.717) is 13.2 Å². The van der Waals surface area contributed by atoms with Crippen LogP contribution < -0.4 is 10.1 Å². The second-order valence-electron chi connectivity index (χ2n) is 4.53. The van der Waals surface area contributed by atoms with Crippen molar-refractivity contribution in [2.45, 2.75) is 13.2 Å². The molecule has 2 aromatic rings. The highest BCUT2D eigenvalue weighted by atomic mass is 35.5. The largest absolute Gasteiger partial charge is 0.488 e. The van der Waals surface area contributed by atoms with Gasteiger partial charge in [-0.3, -0.25) is 0 Å². The van der Waals surface area contributed by atoms with Crippen LogP contribution in [0.4, 0.5) is 0 Å². The van der Waals surface area contributed by atoms with E-state index in [0.717, 1.165) is 28.4 Å². The smallest absolute Gasteiger partial charge is 0.128 e. The molecule has 0 spiro atoms. The Morgan fingerprint density at radius 2 is 1.80 bits per heavy atom. The maximum Gasteiger partial charge on any atom is 0.128 e. The van der Waals surface area contributed by atoms with E-state index >= 15 is 0 Å². The van der Waals surface area contributed by atoms with E-state index in [4.69, 9.17) is 21.4 Å². The van der Waals surface area contributed by atoms with Gasteiger partial charge in [0.2, 0.25) is 0 Å². The van der Waals surface area contributed by atoms with E-state index in [1.165, 1.54) is 0 Å². The van der Waals surface area contributed by atoms with E-state index in [1.54, 1.807) is 0 Å². The van der Waals surface area contributed by atoms with Crippen LogP contribution in [0.1, 0.15) is 11.1 Å². The van der Waals surface area contributed by atoms with Crippen molar-refractivity contribution in [3.63, 3.8) is 0 Å². The molecule has 3 N–H and O–H groups in total. The topological polar surface area (TPSA) is 46.1 Å². The number of aliphatic hydroxyl groups is 1. The first-order chi connectivity index (χ1) is 9.79. The van der Waals surface area contributed by atoms with Gasteiger partial charge in [0.25, 0.3) is 0 Å². The van der Waals surface area contributed by atoms with Crippen molar-refractivity contribution in [2.75, 3.05) is 13.2 Å². The molecule has 0 aliphatic rings. The van der Waals surface area contributed by atoms with Gasteiger partial charge in [0.1, 0.15) is 18.9 Å². The van der Waals surface area contributed by atoms with Crippen LogP contribution in [-0.2, 0) is 13.2 Å². The van der Waals surface area contributed by atoms with Crippen LogP contribution in [-0.4, -0.2) is 18.3 Å². The van der Waals surface area contributed by atoms with Crippen LogP contribution in [0.2, 0.25) is 5.02 Å². The predicted octanol–water partition coefficient (Wildman–Crippen LogP) is 1.97. The molecule has 0 saturated heterocycles. The summed E-state index contributed by atoms with van der Waals surface area (Å²) < 4.78 is 5.87. The van der Waals surface area contributed by atoms with Crippen molar-refractivity contribution in [3.05, 3.63) is 64.7 Å². The summed E-state index contributed by atoms with van der Waals surface area (Å²) in [4.78, 5) is 0. The molecule has 2 aromatic carbocycles. The average molecular weight is 293 g/mol. The summed E-state index contributed by atoms with van der Waals surface area (Å²) >= 11 is 5.86. The lowest BCUT2D eigenvalue weighted by atomic mass is 10.2. The van der Waals surface area contributed by atoms with Crippen LogP contribution in [0.15, 0.2) is 48.5 Å². The molecule has 2 rings (SSSR count). The van der Waals surface area contributed by atoms with Gasteiger partial charge in [0.05, 0.1) is 13.2 Å². The van der Waals surface area contributed by atoms with E-state index < -0.39 is 0 Å². The van der Waals surface area contributed by atoms with E-state index in [-0.39, 0.29) is 6.61 Å². The monoisotopic (exact) mass is 292 g/mol. The zero-order valence-electron chi connectivity index (χ0n) is 11.3. The third-order valence-corrected chi connectivity index (χ3v) is 3.23. The minimum Gasteiger partial charge on any atom is -0.488 e. The van der Waals surface area contributed by atoms with Crippen molar-refractivity contribution < 1.29 is 15.2 Å². The molecule has 0 aliphatic carbocycles. The van der Waals surface area contributed by atoms with Crippen LogP contribution in [0, 0.1) is 0 Å². The Morgan fingerprint density at radius 1 is 1.05 bits per heavy atom. The number of para-hydroxylation sites is 1. The van der Waals surface area contributed by atoms with Gasteiger partial charge in [-0.1, -0.05) is 35.9 Å². The molecule has 0 bridgehead atoms. The van der Waals surface area contributed by atoms with Gasteiger partial charge in [0, 0.05) is 10.6 Å². The molecule has 0 saturated carbocycles. The van der Waals surface area contributed by atoms with Crippen LogP contribution in [0.5, 0.6) is 5.75 Å². The highest BCUT2D eigenvalue weighted by Crippen LogP contribution is 2.19. The minimum atomic E-state index is 0.188. The summed E-state index contributed by atoms with van der Waals surface area (Å²) in [7, 11) is 0. The molecule has 0 radical (unpaired) electrons. The lowest BCUT2D eigenvalue weighted by Gasteiger charge is -2.10. The maximum absolute atomic E-state index is 8.81. The van der Waals surface area contributed by atoms with Crippen LogP contribution in [0.25, 0.3) is 0 Å². The van der Waals surface area contributed by atoms with Gasteiger partial charge in [-0.15, -0.1) is 0 Å². The lowest BCUT2D eigenvalue weighted by Crippen LogP contribution is -2.83. The van der Waals surface area contributed by atoms with Crippen LogP contribution in [0.3, 0.4) is 0 Å². The summed E-state index contributed by atoms with van der Waals surface area (Å²) in [6.07, 6.45) is 0. The van der Waals surface area contributed by atoms with Gasteiger partial charge >= 0.3 is 0 Å². The van der Waals surface area contributed by atoms with Gasteiger partial charge in [0.15, 0.2) is 0 Å². The number of hydrogen-bond donors (Lipinski definition) is 2. The van der Waals surface area contributed by atoms with Gasteiger partial charge in [-0.25, -0.2) is 0 Å². The molecule has 0 atom stereocenters. The van der Waals surface area contributed by atoms with Gasteiger partial charge < -0.3 is 15.2 Å². The molecule has 0 unspecified atom stereocenters. The Balaban J connectivity index is 1.96. The van der Waals surface area contributed by atoms with E-state index in [2.05, 4.69) is 5.32 Å². The minimum absolute atomic E-state index is 0.188. The number of hydrogen-bond acceptors (Lipinski definition) is 2. The zero-order chi connectivity index (χ0) is 14.2. The zero-order valence-corrected chi connectivity index (χ0v) is 12.0. The molecule has 0 amide bonds. The molecule has 106 valence electrons. The predicted molar refractivity (Wildman–Crippen MR) is 79.8 cm³/mol. The molecular weight excluding hydrogens is 274 g/mol. The van der Waals surface area contributed by atoms with Crippen molar-refractivity contribution in [3.8, 4) is 5.75 Å². The third-order valence-electron chi connectivity index (χ3n) is 2.98. The Labute approximate surface area is 124 Å². The number of ether oxygens (including phenoxy) is 1. The molecule has 4 heteroatoms. The van der Waals surface area contributed by atoms with Crippen LogP contribution >= 0.6 is 11.6 Å². The molecule has 0 heterocycles. The fraction of sp³-hybridized carbons (Fsp3) is 0.250. The normalized spacial score (nSPS) is 10.5. The quantitative estimate of drug-likeness (QED) is 0.767. The fourth-order valence-electron chi connectivity index (χ4n) is 1.90. The molecule has 0 fully saturated rings. The van der Waals surface area contributed by atoms with Gasteiger partial charge in [-0.2, -0.15) is 0 Å². The SMILES string of the molecule is OCC[NH2+]Cc1ccccc1OCc1ccc(Cl)cc1. The Kier molecular flexibility index (Phi) is 5.87. The molecule has 0 aromatic heterocycles. The summed E-state index contributed by atoms with van der Waals surface area (Å²) in [6, 6.07) is 15.6.